The van der Waals surface area contributed by atoms with Crippen molar-refractivity contribution >= 4 is 20.8 Å². The third-order valence-electron chi connectivity index (χ3n) is 3.81. The predicted molar refractivity (Wildman–Crippen MR) is 95.8 cm³/mol. The number of benzene rings is 3. The average Bonchev–Trinajstić information content (AvgIpc) is 2.58. The van der Waals surface area contributed by atoms with Crippen molar-refractivity contribution in [3.05, 3.63) is 72.0 Å². The highest BCUT2D eigenvalue weighted by molar-refractivity contribution is 7.89. The Bertz CT molecular complexity index is 1000. The van der Waals surface area contributed by atoms with E-state index in [9.17, 15) is 12.8 Å². The molecule has 3 aromatic carbocycles. The molecule has 0 radical (unpaired) electrons. The van der Waals surface area contributed by atoms with Crippen LogP contribution in [0.1, 0.15) is 5.56 Å². The number of hydrogen-bond acceptors (Lipinski definition) is 3. The number of aryl methyl sites for hydroxylation is 1. The first kappa shape index (κ1) is 17.4. The predicted octanol–water partition coefficient (Wildman–Crippen LogP) is 3.64. The number of halogens is 1. The van der Waals surface area contributed by atoms with Crippen LogP contribution in [0.15, 0.2) is 65.6 Å². The van der Waals surface area contributed by atoms with Crippen LogP contribution in [0.25, 0.3) is 10.8 Å². The molecule has 130 valence electrons. The van der Waals surface area contributed by atoms with Gasteiger partial charge in [-0.05, 0) is 53.6 Å². The molecule has 0 unspecified atom stereocenters. The first-order chi connectivity index (χ1) is 12.0. The van der Waals surface area contributed by atoms with Crippen LogP contribution in [0.2, 0.25) is 0 Å². The molecular weight excluding hydrogens is 341 g/mol. The maximum atomic E-state index is 13.1. The van der Waals surface area contributed by atoms with Gasteiger partial charge in [0.05, 0.1) is 4.90 Å². The van der Waals surface area contributed by atoms with Gasteiger partial charge in [-0.25, -0.2) is 17.5 Å². The lowest BCUT2D eigenvalue weighted by molar-refractivity contribution is 0.323. The third kappa shape index (κ3) is 4.15. The summed E-state index contributed by atoms with van der Waals surface area (Å²) in [6.07, 6.45) is 0. The minimum absolute atomic E-state index is 0.0691. The molecule has 0 aliphatic heterocycles. The quantitative estimate of drug-likeness (QED) is 0.684. The Morgan fingerprint density at radius 3 is 2.52 bits per heavy atom. The summed E-state index contributed by atoms with van der Waals surface area (Å²) in [6.45, 7) is 1.87. The van der Waals surface area contributed by atoms with Crippen LogP contribution in [0.5, 0.6) is 5.75 Å². The summed E-state index contributed by atoms with van der Waals surface area (Å²) in [4.78, 5) is 0.0691. The molecule has 0 fully saturated rings. The Morgan fingerprint density at radius 1 is 1.00 bits per heavy atom. The second-order valence-corrected chi connectivity index (χ2v) is 7.40. The lowest BCUT2D eigenvalue weighted by Gasteiger charge is -2.11. The zero-order valence-electron chi connectivity index (χ0n) is 13.7. The summed E-state index contributed by atoms with van der Waals surface area (Å²) in [5.41, 5.74) is 0.364. The van der Waals surface area contributed by atoms with Crippen molar-refractivity contribution in [2.24, 2.45) is 0 Å². The molecule has 0 saturated carbocycles. The fraction of sp³-hybridized carbons (Fsp3) is 0.158. The van der Waals surface area contributed by atoms with Crippen molar-refractivity contribution in [1.82, 2.24) is 4.72 Å². The van der Waals surface area contributed by atoms with Crippen LogP contribution >= 0.6 is 0 Å². The van der Waals surface area contributed by atoms with E-state index in [1.54, 1.807) is 6.92 Å². The van der Waals surface area contributed by atoms with Gasteiger partial charge in [-0.2, -0.15) is 0 Å². The van der Waals surface area contributed by atoms with Crippen molar-refractivity contribution in [2.45, 2.75) is 11.8 Å². The smallest absolute Gasteiger partial charge is 0.240 e. The highest BCUT2D eigenvalue weighted by atomic mass is 32.2. The summed E-state index contributed by atoms with van der Waals surface area (Å²) in [7, 11) is -3.69. The van der Waals surface area contributed by atoms with E-state index in [0.717, 1.165) is 16.8 Å². The highest BCUT2D eigenvalue weighted by Gasteiger charge is 2.16. The first-order valence-electron chi connectivity index (χ1n) is 7.83. The van der Waals surface area contributed by atoms with Crippen LogP contribution in [-0.4, -0.2) is 21.6 Å². The lowest BCUT2D eigenvalue weighted by Crippen LogP contribution is -2.28. The number of rotatable bonds is 6. The van der Waals surface area contributed by atoms with Gasteiger partial charge in [0.2, 0.25) is 10.0 Å². The maximum absolute atomic E-state index is 13.1. The Labute approximate surface area is 146 Å². The molecule has 0 spiro atoms. The average molecular weight is 359 g/mol. The van der Waals surface area contributed by atoms with E-state index >= 15 is 0 Å². The maximum Gasteiger partial charge on any atom is 0.240 e. The molecule has 1 N–H and O–H groups in total. The van der Waals surface area contributed by atoms with Crippen molar-refractivity contribution in [2.75, 3.05) is 13.2 Å². The molecule has 0 saturated heterocycles. The Hall–Kier alpha value is -2.44. The summed E-state index contributed by atoms with van der Waals surface area (Å²) < 4.78 is 45.7. The molecule has 4 nitrogen and oxygen atoms in total. The third-order valence-corrected chi connectivity index (χ3v) is 5.43. The van der Waals surface area contributed by atoms with E-state index in [2.05, 4.69) is 4.72 Å². The number of hydrogen-bond donors (Lipinski definition) is 1. The largest absolute Gasteiger partial charge is 0.492 e. The van der Waals surface area contributed by atoms with Crippen LogP contribution in [0.4, 0.5) is 4.39 Å². The molecule has 0 atom stereocenters. The zero-order chi connectivity index (χ0) is 17.9. The van der Waals surface area contributed by atoms with E-state index in [-0.39, 0.29) is 18.0 Å². The second-order valence-electron chi connectivity index (χ2n) is 5.67. The van der Waals surface area contributed by atoms with Crippen molar-refractivity contribution in [3.63, 3.8) is 0 Å². The fourth-order valence-electron chi connectivity index (χ4n) is 2.59. The number of nitrogens with one attached hydrogen (secondary N) is 1. The molecule has 0 aromatic heterocycles. The van der Waals surface area contributed by atoms with Crippen LogP contribution in [-0.2, 0) is 10.0 Å². The topological polar surface area (TPSA) is 55.4 Å². The zero-order valence-corrected chi connectivity index (χ0v) is 14.5. The summed E-state index contributed by atoms with van der Waals surface area (Å²) in [5.74, 6) is 0.215. The summed E-state index contributed by atoms with van der Waals surface area (Å²) in [6, 6.07) is 17.2. The SMILES string of the molecule is Cc1cc(F)ccc1S(=O)(=O)NCCOc1ccc2ccccc2c1. The standard InChI is InChI=1S/C19H18FNO3S/c1-14-12-17(20)7-9-19(14)25(22,23)21-10-11-24-18-8-6-15-4-2-3-5-16(15)13-18/h2-9,12-13,21H,10-11H2,1H3. The van der Waals surface area contributed by atoms with Crippen molar-refractivity contribution in [3.8, 4) is 5.75 Å². The van der Waals surface area contributed by atoms with Gasteiger partial charge in [0.1, 0.15) is 18.2 Å². The Morgan fingerprint density at radius 2 is 1.76 bits per heavy atom. The van der Waals surface area contributed by atoms with Gasteiger partial charge in [0.25, 0.3) is 0 Å². The second kappa shape index (κ2) is 7.21. The lowest BCUT2D eigenvalue weighted by atomic mass is 10.1. The molecule has 6 heteroatoms. The number of fused-ring (bicyclic) bond motifs is 1. The van der Waals surface area contributed by atoms with E-state index in [1.807, 2.05) is 42.5 Å². The molecule has 3 rings (SSSR count). The van der Waals surface area contributed by atoms with Gasteiger partial charge in [0, 0.05) is 6.54 Å². The molecular formula is C19H18FNO3S. The monoisotopic (exact) mass is 359 g/mol. The summed E-state index contributed by atoms with van der Waals surface area (Å²) >= 11 is 0. The number of sulfonamides is 1. The number of ether oxygens (including phenoxy) is 1. The van der Waals surface area contributed by atoms with Gasteiger partial charge < -0.3 is 4.74 Å². The van der Waals surface area contributed by atoms with Crippen molar-refractivity contribution in [1.29, 1.82) is 0 Å². The molecule has 3 aromatic rings. The summed E-state index contributed by atoms with van der Waals surface area (Å²) in [5, 5.41) is 2.17. The van der Waals surface area contributed by atoms with Gasteiger partial charge in [-0.3, -0.25) is 0 Å². The van der Waals surface area contributed by atoms with Gasteiger partial charge in [-0.15, -0.1) is 0 Å². The van der Waals surface area contributed by atoms with Crippen LogP contribution in [0, 0.1) is 12.7 Å². The Kier molecular flexibility index (Phi) is 5.01. The molecule has 25 heavy (non-hydrogen) atoms. The minimum Gasteiger partial charge on any atom is -0.492 e. The molecule has 0 aliphatic carbocycles. The fourth-order valence-corrected chi connectivity index (χ4v) is 3.83. The molecule has 0 aliphatic rings. The molecule has 0 bridgehead atoms. The normalized spacial score (nSPS) is 11.6. The van der Waals surface area contributed by atoms with Crippen LogP contribution in [0.3, 0.4) is 0 Å². The van der Waals surface area contributed by atoms with Crippen LogP contribution < -0.4 is 9.46 Å². The highest BCUT2D eigenvalue weighted by Crippen LogP contribution is 2.20. The molecule has 0 amide bonds. The van der Waals surface area contributed by atoms with E-state index in [1.165, 1.54) is 12.1 Å². The van der Waals surface area contributed by atoms with E-state index < -0.39 is 15.8 Å². The first-order valence-corrected chi connectivity index (χ1v) is 9.31. The Balaban J connectivity index is 1.60. The molecule has 0 heterocycles. The van der Waals surface area contributed by atoms with Gasteiger partial charge >= 0.3 is 0 Å². The minimum atomic E-state index is -3.69. The van der Waals surface area contributed by atoms with Crippen molar-refractivity contribution < 1.29 is 17.5 Å². The van der Waals surface area contributed by atoms with Gasteiger partial charge in [-0.1, -0.05) is 30.3 Å². The van der Waals surface area contributed by atoms with E-state index in [4.69, 9.17) is 4.74 Å². The van der Waals surface area contributed by atoms with Gasteiger partial charge in [0.15, 0.2) is 0 Å². The van der Waals surface area contributed by atoms with E-state index in [0.29, 0.717) is 11.3 Å².